The highest BCUT2D eigenvalue weighted by Gasteiger charge is 2.38. The Morgan fingerprint density at radius 3 is 2.56 bits per heavy atom. The van der Waals surface area contributed by atoms with E-state index in [-0.39, 0.29) is 17.3 Å². The van der Waals surface area contributed by atoms with Crippen molar-refractivity contribution in [1.29, 1.82) is 0 Å². The van der Waals surface area contributed by atoms with Gasteiger partial charge in [-0.15, -0.1) is 0 Å². The summed E-state index contributed by atoms with van der Waals surface area (Å²) in [7, 11) is 0. The molecule has 1 amide bonds. The van der Waals surface area contributed by atoms with E-state index in [2.05, 4.69) is 15.1 Å². The van der Waals surface area contributed by atoms with E-state index < -0.39 is 17.8 Å². The number of carbonyl (C=O) groups excluding carboxylic acids is 1. The molecule has 0 spiro atoms. The summed E-state index contributed by atoms with van der Waals surface area (Å²) in [6.45, 7) is 0. The van der Waals surface area contributed by atoms with E-state index in [1.807, 2.05) is 0 Å². The van der Waals surface area contributed by atoms with E-state index in [9.17, 15) is 18.0 Å². The minimum atomic E-state index is -4.51. The third-order valence-corrected chi connectivity index (χ3v) is 4.39. The van der Waals surface area contributed by atoms with Gasteiger partial charge in [0.2, 0.25) is 5.91 Å². The number of halogens is 3. The Hall–Kier alpha value is -3.23. The molecule has 0 unspecified atom stereocenters. The van der Waals surface area contributed by atoms with Crippen molar-refractivity contribution >= 4 is 5.91 Å². The minimum absolute atomic E-state index is 0.0647. The first-order valence-electron chi connectivity index (χ1n) is 8.22. The zero-order valence-corrected chi connectivity index (χ0v) is 13.9. The zero-order chi connectivity index (χ0) is 19.2. The van der Waals surface area contributed by atoms with Crippen molar-refractivity contribution in [3.63, 3.8) is 0 Å². The fraction of sp³-hybridized carbons (Fsp3) is 0.222. The largest absolute Gasteiger partial charge is 0.435 e. The number of rotatable bonds is 4. The maximum atomic E-state index is 13.0. The molecule has 4 rings (SSSR count). The van der Waals surface area contributed by atoms with Gasteiger partial charge < -0.3 is 5.73 Å². The Bertz CT molecular complexity index is 1010. The quantitative estimate of drug-likeness (QED) is 0.760. The molecular weight excluding hydrogens is 359 g/mol. The maximum Gasteiger partial charge on any atom is 0.435 e. The number of pyridine rings is 2. The molecule has 0 bridgehead atoms. The van der Waals surface area contributed by atoms with Crippen LogP contribution in [-0.4, -0.2) is 25.7 Å². The van der Waals surface area contributed by atoms with Crippen LogP contribution >= 0.6 is 0 Å². The van der Waals surface area contributed by atoms with Crippen LogP contribution in [0.25, 0.3) is 16.9 Å². The molecule has 0 aromatic carbocycles. The predicted molar refractivity (Wildman–Crippen MR) is 90.1 cm³/mol. The highest BCUT2D eigenvalue weighted by atomic mass is 19.4. The van der Waals surface area contributed by atoms with Gasteiger partial charge in [0, 0.05) is 41.3 Å². The van der Waals surface area contributed by atoms with Crippen LogP contribution in [0.3, 0.4) is 0 Å². The zero-order valence-electron chi connectivity index (χ0n) is 13.9. The molecule has 0 radical (unpaired) electrons. The van der Waals surface area contributed by atoms with Gasteiger partial charge in [-0.3, -0.25) is 9.78 Å². The number of aromatic nitrogens is 4. The molecule has 27 heavy (non-hydrogen) atoms. The van der Waals surface area contributed by atoms with Crippen LogP contribution in [0.1, 0.15) is 40.5 Å². The van der Waals surface area contributed by atoms with Gasteiger partial charge in [0.05, 0.1) is 5.56 Å². The normalized spacial score (nSPS) is 14.3. The molecule has 0 saturated heterocycles. The molecule has 138 valence electrons. The van der Waals surface area contributed by atoms with Gasteiger partial charge in [-0.2, -0.15) is 18.3 Å². The second-order valence-corrected chi connectivity index (χ2v) is 6.33. The van der Waals surface area contributed by atoms with Gasteiger partial charge in [-0.25, -0.2) is 9.67 Å². The third-order valence-electron chi connectivity index (χ3n) is 4.39. The molecule has 3 aromatic rings. The maximum absolute atomic E-state index is 13.0. The molecular formula is C18H14F3N5O. The summed E-state index contributed by atoms with van der Waals surface area (Å²) < 4.78 is 40.4. The van der Waals surface area contributed by atoms with E-state index in [0.717, 1.165) is 18.9 Å². The van der Waals surface area contributed by atoms with E-state index in [4.69, 9.17) is 5.73 Å². The number of primary amides is 1. The number of nitrogens with zero attached hydrogens (tertiary/aromatic N) is 4. The average molecular weight is 373 g/mol. The smallest absolute Gasteiger partial charge is 0.366 e. The molecule has 1 saturated carbocycles. The van der Waals surface area contributed by atoms with Gasteiger partial charge in [0.1, 0.15) is 0 Å². The van der Waals surface area contributed by atoms with Crippen molar-refractivity contribution < 1.29 is 18.0 Å². The van der Waals surface area contributed by atoms with Crippen molar-refractivity contribution in [3.8, 4) is 16.9 Å². The summed E-state index contributed by atoms with van der Waals surface area (Å²) in [5.41, 5.74) is 6.31. The Morgan fingerprint density at radius 2 is 1.96 bits per heavy atom. The minimum Gasteiger partial charge on any atom is -0.366 e. The summed E-state index contributed by atoms with van der Waals surface area (Å²) in [6, 6.07) is 5.79. The highest BCUT2D eigenvalue weighted by Crippen LogP contribution is 2.42. The lowest BCUT2D eigenvalue weighted by atomic mass is 10.0. The van der Waals surface area contributed by atoms with Crippen LogP contribution in [0.4, 0.5) is 13.2 Å². The second-order valence-electron chi connectivity index (χ2n) is 6.33. The molecule has 1 aliphatic carbocycles. The Kier molecular flexibility index (Phi) is 3.94. The van der Waals surface area contributed by atoms with Crippen molar-refractivity contribution in [2.45, 2.75) is 24.9 Å². The van der Waals surface area contributed by atoms with E-state index in [1.165, 1.54) is 29.3 Å². The lowest BCUT2D eigenvalue weighted by Crippen LogP contribution is -2.12. The standard InChI is InChI=1S/C18H14F3N5O/c19-18(20,21)15-7-14(10-1-2-10)26(25-15)16-4-3-11(8-24-16)13-9-23-6-5-12(13)17(22)27/h3-10H,1-2H2,(H2,22,27). The third kappa shape index (κ3) is 3.27. The monoisotopic (exact) mass is 373 g/mol. The fourth-order valence-electron chi connectivity index (χ4n) is 2.90. The number of alkyl halides is 3. The van der Waals surface area contributed by atoms with Gasteiger partial charge in [-0.05, 0) is 37.1 Å². The summed E-state index contributed by atoms with van der Waals surface area (Å²) in [4.78, 5) is 19.8. The predicted octanol–water partition coefficient (Wildman–Crippen LogP) is 3.32. The summed E-state index contributed by atoms with van der Waals surface area (Å²) in [5.74, 6) is -0.259. The van der Waals surface area contributed by atoms with Crippen molar-refractivity contribution in [1.82, 2.24) is 19.7 Å². The molecule has 1 fully saturated rings. The fourth-order valence-corrected chi connectivity index (χ4v) is 2.90. The number of carbonyl (C=O) groups is 1. The molecule has 0 aliphatic heterocycles. The van der Waals surface area contributed by atoms with Crippen LogP contribution in [0, 0.1) is 0 Å². The first-order valence-corrected chi connectivity index (χ1v) is 8.22. The van der Waals surface area contributed by atoms with Gasteiger partial charge in [0.25, 0.3) is 0 Å². The Labute approximate surface area is 151 Å². The van der Waals surface area contributed by atoms with Crippen LogP contribution < -0.4 is 5.73 Å². The van der Waals surface area contributed by atoms with Crippen LogP contribution in [0.15, 0.2) is 42.9 Å². The number of hydrogen-bond donors (Lipinski definition) is 1. The summed E-state index contributed by atoms with van der Waals surface area (Å²) in [5, 5.41) is 3.70. The Balaban J connectivity index is 1.74. The molecule has 6 nitrogen and oxygen atoms in total. The number of hydrogen-bond acceptors (Lipinski definition) is 4. The molecule has 3 aromatic heterocycles. The van der Waals surface area contributed by atoms with Crippen molar-refractivity contribution in [2.75, 3.05) is 0 Å². The average Bonchev–Trinajstić information content (AvgIpc) is 3.38. The number of amides is 1. The van der Waals surface area contributed by atoms with Gasteiger partial charge in [0.15, 0.2) is 11.5 Å². The van der Waals surface area contributed by atoms with Gasteiger partial charge >= 0.3 is 6.18 Å². The lowest BCUT2D eigenvalue weighted by Gasteiger charge is -2.09. The summed E-state index contributed by atoms with van der Waals surface area (Å²) >= 11 is 0. The first-order chi connectivity index (χ1) is 12.8. The molecule has 0 atom stereocenters. The highest BCUT2D eigenvalue weighted by molar-refractivity contribution is 5.99. The number of nitrogens with two attached hydrogens (primary N) is 1. The topological polar surface area (TPSA) is 86.7 Å². The molecule has 3 heterocycles. The molecule has 9 heteroatoms. The SMILES string of the molecule is NC(=O)c1ccncc1-c1ccc(-n2nc(C(F)(F)F)cc2C2CC2)nc1. The van der Waals surface area contributed by atoms with E-state index >= 15 is 0 Å². The van der Waals surface area contributed by atoms with Gasteiger partial charge in [-0.1, -0.05) is 0 Å². The molecule has 1 aliphatic rings. The van der Waals surface area contributed by atoms with Crippen LogP contribution in [-0.2, 0) is 6.18 Å². The van der Waals surface area contributed by atoms with Crippen LogP contribution in [0.2, 0.25) is 0 Å². The van der Waals surface area contributed by atoms with Crippen LogP contribution in [0.5, 0.6) is 0 Å². The van der Waals surface area contributed by atoms with E-state index in [0.29, 0.717) is 16.8 Å². The lowest BCUT2D eigenvalue weighted by molar-refractivity contribution is -0.141. The Morgan fingerprint density at radius 1 is 1.19 bits per heavy atom. The summed E-state index contributed by atoms with van der Waals surface area (Å²) in [6.07, 6.45) is 1.56. The first kappa shape index (κ1) is 17.2. The second kappa shape index (κ2) is 6.19. The van der Waals surface area contributed by atoms with E-state index in [1.54, 1.807) is 12.1 Å². The molecule has 2 N–H and O–H groups in total. The van der Waals surface area contributed by atoms with Crippen molar-refractivity contribution in [3.05, 3.63) is 59.8 Å². The van der Waals surface area contributed by atoms with Crippen molar-refractivity contribution in [2.24, 2.45) is 5.73 Å².